The van der Waals surface area contributed by atoms with Gasteiger partial charge in [-0.15, -0.1) is 0 Å². The predicted octanol–water partition coefficient (Wildman–Crippen LogP) is 0.603. The molecule has 0 aliphatic carbocycles. The highest BCUT2D eigenvalue weighted by Crippen LogP contribution is 2.28. The van der Waals surface area contributed by atoms with Crippen molar-refractivity contribution in [3.05, 3.63) is 68.8 Å². The first-order valence-electron chi connectivity index (χ1n) is 9.42. The van der Waals surface area contributed by atoms with Crippen LogP contribution in [0.15, 0.2) is 58.3 Å². The molecule has 0 radical (unpaired) electrons. The SMILES string of the molecule is O=[N+]([O-])c1cccc(S(=O)(=O)N2CN3CN(C2)CN(S(=O)(=O)c2cccc([N+](=O)[O-])c2)C3)c1. The number of fused-ring (bicyclic) bond motifs is 2. The van der Waals surface area contributed by atoms with Crippen molar-refractivity contribution < 1.29 is 26.7 Å². The zero-order chi connectivity index (χ0) is 24.0. The van der Waals surface area contributed by atoms with Crippen molar-refractivity contribution in [2.45, 2.75) is 9.79 Å². The quantitative estimate of drug-likeness (QED) is 0.406. The highest BCUT2D eigenvalue weighted by Gasteiger charge is 2.40. The predicted molar refractivity (Wildman–Crippen MR) is 112 cm³/mol. The number of rotatable bonds is 6. The molecular formula is C17H18N6O8S2. The Balaban J connectivity index is 1.55. The molecule has 33 heavy (non-hydrogen) atoms. The number of nitrogens with zero attached hydrogens (tertiary/aromatic N) is 6. The maximum absolute atomic E-state index is 13.0. The van der Waals surface area contributed by atoms with Crippen molar-refractivity contribution in [3.63, 3.8) is 0 Å². The van der Waals surface area contributed by atoms with Crippen LogP contribution in [0.25, 0.3) is 0 Å². The molecule has 2 fully saturated rings. The van der Waals surface area contributed by atoms with Crippen LogP contribution in [0.2, 0.25) is 0 Å². The van der Waals surface area contributed by atoms with Crippen LogP contribution < -0.4 is 0 Å². The van der Waals surface area contributed by atoms with Gasteiger partial charge in [-0.25, -0.2) is 16.8 Å². The van der Waals surface area contributed by atoms with Crippen molar-refractivity contribution in [1.29, 1.82) is 0 Å². The van der Waals surface area contributed by atoms with Gasteiger partial charge in [-0.2, -0.15) is 8.61 Å². The third-order valence-corrected chi connectivity index (χ3v) is 8.68. The minimum Gasteiger partial charge on any atom is -0.262 e. The molecule has 14 nitrogen and oxygen atoms in total. The van der Waals surface area contributed by atoms with Gasteiger partial charge in [0.1, 0.15) is 0 Å². The molecule has 0 saturated carbocycles. The van der Waals surface area contributed by atoms with Crippen molar-refractivity contribution in [2.75, 3.05) is 33.3 Å². The van der Waals surface area contributed by atoms with Gasteiger partial charge in [0.25, 0.3) is 11.4 Å². The number of nitro benzene ring substituents is 2. The maximum Gasteiger partial charge on any atom is 0.270 e. The Hall–Kier alpha value is -3.02. The van der Waals surface area contributed by atoms with Gasteiger partial charge in [-0.3, -0.25) is 30.0 Å². The first-order chi connectivity index (χ1) is 15.5. The molecule has 2 bridgehead atoms. The minimum atomic E-state index is -4.08. The van der Waals surface area contributed by atoms with Gasteiger partial charge in [-0.05, 0) is 12.1 Å². The summed E-state index contributed by atoms with van der Waals surface area (Å²) in [6.45, 7) is -0.238. The maximum atomic E-state index is 13.0. The van der Waals surface area contributed by atoms with Crippen LogP contribution in [-0.4, -0.2) is 78.4 Å². The number of nitro groups is 2. The van der Waals surface area contributed by atoms with E-state index in [1.807, 2.05) is 0 Å². The second kappa shape index (κ2) is 8.40. The standard InChI is InChI=1S/C17H18N6O8S2/c24-22(25)14-3-1-5-16(7-14)32(28,29)20-10-18-9-19(11-20)13-21(12-18)33(30,31)17-6-2-4-15(8-17)23(26)27/h1-8H,9-13H2. The average molecular weight is 498 g/mol. The zero-order valence-electron chi connectivity index (χ0n) is 16.9. The smallest absolute Gasteiger partial charge is 0.262 e. The molecule has 0 N–H and O–H groups in total. The van der Waals surface area contributed by atoms with Crippen LogP contribution in [0.5, 0.6) is 0 Å². The van der Waals surface area contributed by atoms with E-state index in [1.54, 1.807) is 9.80 Å². The lowest BCUT2D eigenvalue weighted by Crippen LogP contribution is -2.65. The van der Waals surface area contributed by atoms with E-state index in [-0.39, 0.29) is 47.8 Å². The van der Waals surface area contributed by atoms with E-state index in [4.69, 9.17) is 0 Å². The molecule has 2 aliphatic rings. The molecule has 0 aromatic heterocycles. The zero-order valence-corrected chi connectivity index (χ0v) is 18.6. The van der Waals surface area contributed by atoms with E-state index < -0.39 is 29.9 Å². The minimum absolute atomic E-state index is 0.136. The average Bonchev–Trinajstić information content (AvgIpc) is 2.78. The summed E-state index contributed by atoms with van der Waals surface area (Å²) in [4.78, 5) is 23.3. The summed E-state index contributed by atoms with van der Waals surface area (Å²) in [6.07, 6.45) is 0. The van der Waals surface area contributed by atoms with Crippen LogP contribution in [-0.2, 0) is 20.0 Å². The summed E-state index contributed by atoms with van der Waals surface area (Å²) < 4.78 is 54.4. The Morgan fingerprint density at radius 2 is 1.00 bits per heavy atom. The van der Waals surface area contributed by atoms with E-state index in [0.717, 1.165) is 20.7 Å². The van der Waals surface area contributed by atoms with Crippen molar-refractivity contribution in [3.8, 4) is 0 Å². The third kappa shape index (κ3) is 4.43. The highest BCUT2D eigenvalue weighted by atomic mass is 32.2. The van der Waals surface area contributed by atoms with Gasteiger partial charge in [-0.1, -0.05) is 12.1 Å². The Labute approximate surface area is 188 Å². The summed E-state index contributed by atoms with van der Waals surface area (Å²) >= 11 is 0. The topological polar surface area (TPSA) is 168 Å². The van der Waals surface area contributed by atoms with E-state index in [0.29, 0.717) is 6.67 Å². The molecule has 2 heterocycles. The van der Waals surface area contributed by atoms with Crippen LogP contribution in [0.3, 0.4) is 0 Å². The van der Waals surface area contributed by atoms with Gasteiger partial charge in [0.2, 0.25) is 20.0 Å². The monoisotopic (exact) mass is 498 g/mol. The van der Waals surface area contributed by atoms with E-state index >= 15 is 0 Å². The van der Waals surface area contributed by atoms with E-state index in [9.17, 15) is 37.1 Å². The summed E-state index contributed by atoms with van der Waals surface area (Å²) in [6, 6.07) is 9.41. The van der Waals surface area contributed by atoms with E-state index in [1.165, 1.54) is 36.4 Å². The molecule has 2 saturated heterocycles. The Bertz CT molecular complexity index is 1220. The Morgan fingerprint density at radius 3 is 1.33 bits per heavy atom. The number of hydrogen-bond donors (Lipinski definition) is 0. The molecule has 2 aromatic carbocycles. The van der Waals surface area contributed by atoms with Gasteiger partial charge in [0.05, 0.1) is 53.0 Å². The fourth-order valence-electron chi connectivity index (χ4n) is 3.65. The molecule has 0 unspecified atom stereocenters. The molecule has 16 heteroatoms. The van der Waals surface area contributed by atoms with Gasteiger partial charge in [0.15, 0.2) is 0 Å². The fourth-order valence-corrected chi connectivity index (χ4v) is 6.55. The molecule has 0 amide bonds. The summed E-state index contributed by atoms with van der Waals surface area (Å²) in [5, 5.41) is 22.0. The summed E-state index contributed by atoms with van der Waals surface area (Å²) in [5.41, 5.74) is -0.716. The number of benzene rings is 2. The molecule has 0 atom stereocenters. The summed E-state index contributed by atoms with van der Waals surface area (Å²) in [7, 11) is -8.16. The van der Waals surface area contributed by atoms with Gasteiger partial charge in [0, 0.05) is 24.3 Å². The number of non-ortho nitro benzene ring substituents is 2. The summed E-state index contributed by atoms with van der Waals surface area (Å²) in [5.74, 6) is 0. The molecule has 2 aliphatic heterocycles. The van der Waals surface area contributed by atoms with Crippen LogP contribution in [0, 0.1) is 20.2 Å². The molecule has 2 aromatic rings. The molecule has 176 valence electrons. The largest absolute Gasteiger partial charge is 0.270 e. The van der Waals surface area contributed by atoms with Gasteiger partial charge >= 0.3 is 0 Å². The molecule has 0 spiro atoms. The van der Waals surface area contributed by atoms with Crippen molar-refractivity contribution >= 4 is 31.4 Å². The fraction of sp³-hybridized carbons (Fsp3) is 0.294. The second-order valence-corrected chi connectivity index (χ2v) is 11.3. The van der Waals surface area contributed by atoms with Crippen LogP contribution >= 0.6 is 0 Å². The first-order valence-corrected chi connectivity index (χ1v) is 12.3. The lowest BCUT2D eigenvalue weighted by Gasteiger charge is -2.48. The number of sulfonamides is 2. The van der Waals surface area contributed by atoms with Gasteiger partial charge < -0.3 is 0 Å². The lowest BCUT2D eigenvalue weighted by atomic mass is 10.3. The van der Waals surface area contributed by atoms with Crippen LogP contribution in [0.4, 0.5) is 11.4 Å². The Kier molecular flexibility index (Phi) is 5.89. The normalized spacial score (nSPS) is 22.1. The third-order valence-electron chi connectivity index (χ3n) is 5.16. The number of hydrogen-bond acceptors (Lipinski definition) is 10. The van der Waals surface area contributed by atoms with Crippen molar-refractivity contribution in [2.24, 2.45) is 0 Å². The Morgan fingerprint density at radius 1 is 0.636 bits per heavy atom. The second-order valence-electron chi connectivity index (χ2n) is 7.47. The lowest BCUT2D eigenvalue weighted by molar-refractivity contribution is -0.385. The first kappa shape index (κ1) is 23.1. The highest BCUT2D eigenvalue weighted by molar-refractivity contribution is 7.89. The molecular weight excluding hydrogens is 480 g/mol. The van der Waals surface area contributed by atoms with Crippen molar-refractivity contribution in [1.82, 2.24) is 18.4 Å². The van der Waals surface area contributed by atoms with Crippen LogP contribution in [0.1, 0.15) is 0 Å². The molecule has 4 rings (SSSR count). The van der Waals surface area contributed by atoms with E-state index in [2.05, 4.69) is 0 Å².